The van der Waals surface area contributed by atoms with Crippen molar-refractivity contribution >= 4 is 28.5 Å². The largest absolute Gasteiger partial charge is 0.452 e. The van der Waals surface area contributed by atoms with Gasteiger partial charge in [-0.3, -0.25) is 9.78 Å². The second-order valence-electron chi connectivity index (χ2n) is 6.95. The van der Waals surface area contributed by atoms with Crippen LogP contribution in [-0.2, 0) is 15.7 Å². The zero-order valence-electron chi connectivity index (χ0n) is 17.0. The molecule has 1 amide bonds. The summed E-state index contributed by atoms with van der Waals surface area (Å²) in [5.74, 6) is -1.71. The summed E-state index contributed by atoms with van der Waals surface area (Å²) >= 11 is 0. The number of halogens is 3. The van der Waals surface area contributed by atoms with Gasteiger partial charge in [0, 0.05) is 11.6 Å². The summed E-state index contributed by atoms with van der Waals surface area (Å²) < 4.78 is 44.4. The Morgan fingerprint density at radius 2 is 1.64 bits per heavy atom. The van der Waals surface area contributed by atoms with Crippen molar-refractivity contribution in [2.75, 3.05) is 11.9 Å². The van der Waals surface area contributed by atoms with Crippen LogP contribution >= 0.6 is 0 Å². The van der Waals surface area contributed by atoms with Gasteiger partial charge in [-0.05, 0) is 36.4 Å². The number of alkyl halides is 3. The Labute approximate surface area is 186 Å². The van der Waals surface area contributed by atoms with Crippen molar-refractivity contribution in [3.05, 3.63) is 90.1 Å². The second-order valence-corrected chi connectivity index (χ2v) is 6.95. The number of nitrogens with one attached hydrogen (secondary N) is 1. The van der Waals surface area contributed by atoms with Gasteiger partial charge in [0.25, 0.3) is 5.91 Å². The van der Waals surface area contributed by atoms with Crippen molar-refractivity contribution < 1.29 is 27.5 Å². The quantitative estimate of drug-likeness (QED) is 0.427. The fourth-order valence-corrected chi connectivity index (χ4v) is 3.22. The van der Waals surface area contributed by atoms with Crippen LogP contribution in [0.4, 0.5) is 18.9 Å². The van der Waals surface area contributed by atoms with Crippen LogP contribution in [0, 0.1) is 0 Å². The van der Waals surface area contributed by atoms with E-state index in [0.717, 1.165) is 12.1 Å². The highest BCUT2D eigenvalue weighted by atomic mass is 19.4. The zero-order valence-corrected chi connectivity index (χ0v) is 17.0. The van der Waals surface area contributed by atoms with Crippen molar-refractivity contribution in [1.82, 2.24) is 9.97 Å². The highest BCUT2D eigenvalue weighted by Crippen LogP contribution is 2.34. The molecular weight excluding hydrogens is 435 g/mol. The van der Waals surface area contributed by atoms with E-state index in [2.05, 4.69) is 15.3 Å². The molecular formula is C24H16F3N3O3. The van der Waals surface area contributed by atoms with Gasteiger partial charge in [0.15, 0.2) is 6.61 Å². The molecule has 0 atom stereocenters. The molecule has 0 aliphatic heterocycles. The normalized spacial score (nSPS) is 11.2. The van der Waals surface area contributed by atoms with Gasteiger partial charge in [-0.15, -0.1) is 0 Å². The first-order valence-corrected chi connectivity index (χ1v) is 9.77. The molecule has 4 rings (SSSR count). The second kappa shape index (κ2) is 9.07. The number of anilines is 1. The first-order chi connectivity index (χ1) is 15.8. The van der Waals surface area contributed by atoms with E-state index in [1.165, 1.54) is 18.2 Å². The number of rotatable bonds is 5. The number of pyridine rings is 2. The number of aromatic nitrogens is 2. The standard InChI is InChI=1S/C24H16F3N3O3/c25-24(26,27)17-8-2-4-10-19(17)30-22(31)14-33-23(32)16-13-21(20-11-5-6-12-28-20)29-18-9-3-1-7-15(16)18/h1-13H,14H2,(H,30,31). The van der Waals surface area contributed by atoms with E-state index in [4.69, 9.17) is 4.74 Å². The Kier molecular flexibility index (Phi) is 6.03. The molecule has 166 valence electrons. The molecule has 0 spiro atoms. The Bertz CT molecular complexity index is 1320. The average molecular weight is 451 g/mol. The summed E-state index contributed by atoms with van der Waals surface area (Å²) in [4.78, 5) is 33.7. The lowest BCUT2D eigenvalue weighted by molar-refractivity contribution is -0.137. The average Bonchev–Trinajstić information content (AvgIpc) is 2.82. The Hall–Kier alpha value is -4.27. The fraction of sp³-hybridized carbons (Fsp3) is 0.0833. The smallest absolute Gasteiger partial charge is 0.418 e. The maximum Gasteiger partial charge on any atom is 0.418 e. The lowest BCUT2D eigenvalue weighted by Crippen LogP contribution is -2.23. The summed E-state index contributed by atoms with van der Waals surface area (Å²) in [5.41, 5.74) is 0.243. The van der Waals surface area contributed by atoms with Crippen LogP contribution in [0.3, 0.4) is 0 Å². The molecule has 33 heavy (non-hydrogen) atoms. The third-order valence-electron chi connectivity index (χ3n) is 4.70. The zero-order chi connectivity index (χ0) is 23.4. The third-order valence-corrected chi connectivity index (χ3v) is 4.70. The van der Waals surface area contributed by atoms with Gasteiger partial charge in [-0.25, -0.2) is 9.78 Å². The monoisotopic (exact) mass is 451 g/mol. The minimum atomic E-state index is -4.64. The molecule has 0 aliphatic rings. The van der Waals surface area contributed by atoms with E-state index in [-0.39, 0.29) is 5.56 Å². The van der Waals surface area contributed by atoms with Crippen molar-refractivity contribution in [1.29, 1.82) is 0 Å². The molecule has 1 N–H and O–H groups in total. The summed E-state index contributed by atoms with van der Waals surface area (Å²) in [6.45, 7) is -0.763. The van der Waals surface area contributed by atoms with Crippen LogP contribution in [0.1, 0.15) is 15.9 Å². The number of hydrogen-bond acceptors (Lipinski definition) is 5. The van der Waals surface area contributed by atoms with Crippen molar-refractivity contribution in [3.8, 4) is 11.4 Å². The van der Waals surface area contributed by atoms with Crippen LogP contribution in [0.15, 0.2) is 79.0 Å². The van der Waals surface area contributed by atoms with Crippen molar-refractivity contribution in [3.63, 3.8) is 0 Å². The number of esters is 1. The van der Waals surface area contributed by atoms with Gasteiger partial charge in [-0.1, -0.05) is 36.4 Å². The number of carbonyl (C=O) groups is 2. The molecule has 0 bridgehead atoms. The van der Waals surface area contributed by atoms with Gasteiger partial charge in [0.05, 0.1) is 33.7 Å². The molecule has 0 radical (unpaired) electrons. The van der Waals surface area contributed by atoms with Crippen LogP contribution in [0.2, 0.25) is 0 Å². The number of carbonyl (C=O) groups excluding carboxylic acids is 2. The lowest BCUT2D eigenvalue weighted by Gasteiger charge is -2.14. The molecule has 2 heterocycles. The minimum Gasteiger partial charge on any atom is -0.452 e. The molecule has 9 heteroatoms. The van der Waals surface area contributed by atoms with E-state index in [1.54, 1.807) is 48.7 Å². The van der Waals surface area contributed by atoms with Gasteiger partial charge in [0.2, 0.25) is 0 Å². The number of ether oxygens (including phenoxy) is 1. The van der Waals surface area contributed by atoms with Gasteiger partial charge >= 0.3 is 12.1 Å². The predicted octanol–water partition coefficient (Wildman–Crippen LogP) is 5.11. The highest BCUT2D eigenvalue weighted by Gasteiger charge is 2.33. The van der Waals surface area contributed by atoms with Crippen LogP contribution in [-0.4, -0.2) is 28.5 Å². The highest BCUT2D eigenvalue weighted by molar-refractivity contribution is 6.05. The maximum atomic E-state index is 13.1. The number of hydrogen-bond donors (Lipinski definition) is 1. The predicted molar refractivity (Wildman–Crippen MR) is 115 cm³/mol. The van der Waals surface area contributed by atoms with Crippen molar-refractivity contribution in [2.24, 2.45) is 0 Å². The van der Waals surface area contributed by atoms with Crippen LogP contribution < -0.4 is 5.32 Å². The Morgan fingerprint density at radius 1 is 0.909 bits per heavy atom. The first kappa shape index (κ1) is 21.9. The first-order valence-electron chi connectivity index (χ1n) is 9.77. The molecule has 6 nitrogen and oxygen atoms in total. The lowest BCUT2D eigenvalue weighted by atomic mass is 10.1. The Morgan fingerprint density at radius 3 is 2.39 bits per heavy atom. The fourth-order valence-electron chi connectivity index (χ4n) is 3.22. The van der Waals surface area contributed by atoms with Crippen molar-refractivity contribution in [2.45, 2.75) is 6.18 Å². The summed E-state index contributed by atoms with van der Waals surface area (Å²) in [5, 5.41) is 2.64. The van der Waals surface area contributed by atoms with E-state index in [1.807, 2.05) is 0 Å². The third kappa shape index (κ3) is 4.98. The molecule has 0 saturated carbocycles. The molecule has 0 saturated heterocycles. The number of para-hydroxylation sites is 2. The van der Waals surface area contributed by atoms with E-state index >= 15 is 0 Å². The number of amides is 1. The van der Waals surface area contributed by atoms with E-state index < -0.39 is 35.9 Å². The van der Waals surface area contributed by atoms with E-state index in [0.29, 0.717) is 22.3 Å². The van der Waals surface area contributed by atoms with Gasteiger partial charge in [0.1, 0.15) is 0 Å². The summed E-state index contributed by atoms with van der Waals surface area (Å²) in [6.07, 6.45) is -3.05. The van der Waals surface area contributed by atoms with Crippen LogP contribution in [0.25, 0.3) is 22.3 Å². The Balaban J connectivity index is 1.55. The summed E-state index contributed by atoms with van der Waals surface area (Å²) in [7, 11) is 0. The van der Waals surface area contributed by atoms with Crippen LogP contribution in [0.5, 0.6) is 0 Å². The summed E-state index contributed by atoms with van der Waals surface area (Å²) in [6, 6.07) is 18.2. The maximum absolute atomic E-state index is 13.1. The molecule has 4 aromatic rings. The number of fused-ring (bicyclic) bond motifs is 1. The SMILES string of the molecule is O=C(COC(=O)c1cc(-c2ccccn2)nc2ccccc12)Nc1ccccc1C(F)(F)F. The van der Waals surface area contributed by atoms with E-state index in [9.17, 15) is 22.8 Å². The molecule has 2 aromatic carbocycles. The topological polar surface area (TPSA) is 81.2 Å². The molecule has 0 fully saturated rings. The number of nitrogens with zero attached hydrogens (tertiary/aromatic N) is 2. The minimum absolute atomic E-state index is 0.157. The van der Waals surface area contributed by atoms with Gasteiger partial charge in [-0.2, -0.15) is 13.2 Å². The van der Waals surface area contributed by atoms with Gasteiger partial charge < -0.3 is 10.1 Å². The molecule has 2 aromatic heterocycles. The number of benzene rings is 2. The molecule has 0 unspecified atom stereocenters. The molecule has 0 aliphatic carbocycles.